The summed E-state index contributed by atoms with van der Waals surface area (Å²) in [5, 5.41) is 10.2. The Kier molecular flexibility index (Phi) is 8.34. The molecule has 1 aromatic heterocycles. The van der Waals surface area contributed by atoms with Crippen LogP contribution < -0.4 is 4.90 Å². The van der Waals surface area contributed by atoms with Crippen LogP contribution in [0.3, 0.4) is 0 Å². The van der Waals surface area contributed by atoms with Crippen molar-refractivity contribution in [2.75, 3.05) is 57.8 Å². The van der Waals surface area contributed by atoms with Gasteiger partial charge in [0.25, 0.3) is 0 Å². The largest absolute Gasteiger partial charge is 0.504 e. The zero-order valence-electron chi connectivity index (χ0n) is 18.6. The van der Waals surface area contributed by atoms with Crippen LogP contribution in [0.1, 0.15) is 25.3 Å². The molecule has 1 aromatic rings. The highest BCUT2D eigenvalue weighted by Gasteiger charge is 2.28. The summed E-state index contributed by atoms with van der Waals surface area (Å²) in [6, 6.07) is 2.47. The molecule has 0 unspecified atom stereocenters. The van der Waals surface area contributed by atoms with Gasteiger partial charge in [0.05, 0.1) is 7.11 Å². The van der Waals surface area contributed by atoms with Gasteiger partial charge in [0.1, 0.15) is 5.76 Å². The molecule has 0 atom stereocenters. The maximum Gasteiger partial charge on any atom is 0.171 e. The van der Waals surface area contributed by atoms with Crippen LogP contribution in [0.4, 0.5) is 5.82 Å². The van der Waals surface area contributed by atoms with Gasteiger partial charge < -0.3 is 14.7 Å². The van der Waals surface area contributed by atoms with E-state index < -0.39 is 0 Å². The molecule has 6 nitrogen and oxygen atoms in total. The Hall–Kier alpha value is -2.31. The molecule has 2 aliphatic heterocycles. The minimum atomic E-state index is 0.294. The SMILES string of the molecule is C\C=C/C(=C\C=C\CN1CCC(N2CCN(c3ncc(C)cc3O)CC2)CC1)OC. The highest BCUT2D eigenvalue weighted by molar-refractivity contribution is 5.52. The standard InChI is InChI=1S/C24H36N4O2/c1-4-7-22(30-3)8-5-6-11-26-12-9-21(10-13-26)27-14-16-28(17-15-27)24-23(29)18-20(2)19-25-24/h4-8,18-19,21,29H,9-17H2,1-3H3/b6-5+,7-4-,22-8+. The van der Waals surface area contributed by atoms with Crippen LogP contribution in [-0.4, -0.2) is 78.9 Å². The van der Waals surface area contributed by atoms with Gasteiger partial charge in [-0.05, 0) is 63.6 Å². The molecule has 0 saturated carbocycles. The van der Waals surface area contributed by atoms with Crippen molar-refractivity contribution in [2.24, 2.45) is 0 Å². The molecule has 0 amide bonds. The quantitative estimate of drug-likeness (QED) is 0.548. The maximum atomic E-state index is 10.2. The third kappa shape index (κ3) is 6.09. The van der Waals surface area contributed by atoms with Crippen LogP contribution >= 0.6 is 0 Å². The molecule has 0 aliphatic carbocycles. The molecule has 6 heteroatoms. The van der Waals surface area contributed by atoms with Crippen molar-refractivity contribution < 1.29 is 9.84 Å². The van der Waals surface area contributed by atoms with Gasteiger partial charge in [0.2, 0.25) is 0 Å². The van der Waals surface area contributed by atoms with E-state index in [0.717, 1.165) is 63.0 Å². The number of allylic oxidation sites excluding steroid dienone is 4. The summed E-state index contributed by atoms with van der Waals surface area (Å²) in [5.41, 5.74) is 0.990. The number of piperidine rings is 1. The first-order valence-corrected chi connectivity index (χ1v) is 11.0. The summed E-state index contributed by atoms with van der Waals surface area (Å²) >= 11 is 0. The minimum Gasteiger partial charge on any atom is -0.504 e. The van der Waals surface area contributed by atoms with E-state index in [4.69, 9.17) is 4.74 Å². The fourth-order valence-electron chi connectivity index (χ4n) is 4.28. The second kappa shape index (κ2) is 11.2. The smallest absolute Gasteiger partial charge is 0.171 e. The third-order valence-corrected chi connectivity index (χ3v) is 6.00. The van der Waals surface area contributed by atoms with Crippen molar-refractivity contribution in [1.82, 2.24) is 14.8 Å². The first-order chi connectivity index (χ1) is 14.6. The zero-order valence-corrected chi connectivity index (χ0v) is 18.6. The molecule has 0 spiro atoms. The van der Waals surface area contributed by atoms with Crippen molar-refractivity contribution in [3.63, 3.8) is 0 Å². The van der Waals surface area contributed by atoms with Crippen molar-refractivity contribution in [3.05, 3.63) is 54.0 Å². The number of hydrogen-bond donors (Lipinski definition) is 1. The van der Waals surface area contributed by atoms with Crippen LogP contribution in [0, 0.1) is 6.92 Å². The number of aryl methyl sites for hydroxylation is 1. The first kappa shape index (κ1) is 22.4. The van der Waals surface area contributed by atoms with Crippen LogP contribution in [0.5, 0.6) is 5.75 Å². The van der Waals surface area contributed by atoms with Crippen LogP contribution in [-0.2, 0) is 4.74 Å². The molecule has 0 radical (unpaired) electrons. The predicted octanol–water partition coefficient (Wildman–Crippen LogP) is 3.34. The Balaban J connectivity index is 1.41. The summed E-state index contributed by atoms with van der Waals surface area (Å²) in [6.07, 6.45) is 14.5. The molecule has 0 aromatic carbocycles. The van der Waals surface area contributed by atoms with E-state index in [1.54, 1.807) is 13.2 Å². The van der Waals surface area contributed by atoms with Gasteiger partial charge in [-0.3, -0.25) is 9.80 Å². The van der Waals surface area contributed by atoms with Crippen molar-refractivity contribution in [3.8, 4) is 5.75 Å². The maximum absolute atomic E-state index is 10.2. The average molecular weight is 413 g/mol. The van der Waals surface area contributed by atoms with Gasteiger partial charge in [-0.1, -0.05) is 18.2 Å². The average Bonchev–Trinajstić information content (AvgIpc) is 2.76. The summed E-state index contributed by atoms with van der Waals surface area (Å²) < 4.78 is 5.29. The van der Waals surface area contributed by atoms with Crippen LogP contribution in [0.2, 0.25) is 0 Å². The lowest BCUT2D eigenvalue weighted by molar-refractivity contribution is 0.109. The number of likely N-dealkylation sites (tertiary alicyclic amines) is 1. The summed E-state index contributed by atoms with van der Waals surface area (Å²) in [7, 11) is 1.70. The van der Waals surface area contributed by atoms with Gasteiger partial charge in [0, 0.05) is 45.0 Å². The van der Waals surface area contributed by atoms with Gasteiger partial charge >= 0.3 is 0 Å². The van der Waals surface area contributed by atoms with E-state index in [0.29, 0.717) is 11.8 Å². The number of rotatable bonds is 7. The fraction of sp³-hybridized carbons (Fsp3) is 0.542. The summed E-state index contributed by atoms with van der Waals surface area (Å²) in [5.74, 6) is 1.89. The van der Waals surface area contributed by atoms with E-state index in [-0.39, 0.29) is 0 Å². The van der Waals surface area contributed by atoms with E-state index in [1.807, 2.05) is 38.3 Å². The summed E-state index contributed by atoms with van der Waals surface area (Å²) in [6.45, 7) is 11.1. The van der Waals surface area contributed by atoms with Crippen LogP contribution in [0.25, 0.3) is 0 Å². The lowest BCUT2D eigenvalue weighted by atomic mass is 10.0. The number of anilines is 1. The van der Waals surface area contributed by atoms with E-state index in [2.05, 4.69) is 31.8 Å². The highest BCUT2D eigenvalue weighted by Crippen LogP contribution is 2.27. The monoisotopic (exact) mass is 412 g/mol. The van der Waals surface area contributed by atoms with Crippen molar-refractivity contribution >= 4 is 5.82 Å². The van der Waals surface area contributed by atoms with Gasteiger partial charge in [-0.25, -0.2) is 4.98 Å². The number of ether oxygens (including phenoxy) is 1. The fourth-order valence-corrected chi connectivity index (χ4v) is 4.28. The molecule has 30 heavy (non-hydrogen) atoms. The Labute approximate surface area is 181 Å². The molecule has 164 valence electrons. The molecule has 1 N–H and O–H groups in total. The Morgan fingerprint density at radius 2 is 1.93 bits per heavy atom. The van der Waals surface area contributed by atoms with Gasteiger partial charge in [0.15, 0.2) is 11.6 Å². The molecule has 2 aliphatic rings. The number of aromatic hydroxyl groups is 1. The second-order valence-corrected chi connectivity index (χ2v) is 8.11. The number of piperazine rings is 1. The van der Waals surface area contributed by atoms with E-state index >= 15 is 0 Å². The molecular formula is C24H36N4O2. The molecule has 3 rings (SSSR count). The lowest BCUT2D eigenvalue weighted by Gasteiger charge is -2.43. The Morgan fingerprint density at radius 3 is 2.57 bits per heavy atom. The lowest BCUT2D eigenvalue weighted by Crippen LogP contribution is -2.53. The third-order valence-electron chi connectivity index (χ3n) is 6.00. The molecule has 3 heterocycles. The number of pyridine rings is 1. The Morgan fingerprint density at radius 1 is 1.20 bits per heavy atom. The normalized spacial score (nSPS) is 20.5. The molecular weight excluding hydrogens is 376 g/mol. The van der Waals surface area contributed by atoms with Gasteiger partial charge in [-0.15, -0.1) is 0 Å². The molecule has 2 fully saturated rings. The van der Waals surface area contributed by atoms with Crippen molar-refractivity contribution in [1.29, 1.82) is 0 Å². The topological polar surface area (TPSA) is 52.1 Å². The predicted molar refractivity (Wildman–Crippen MR) is 123 cm³/mol. The van der Waals surface area contributed by atoms with Crippen molar-refractivity contribution in [2.45, 2.75) is 32.7 Å². The zero-order chi connectivity index (χ0) is 21.3. The number of nitrogens with zero attached hydrogens (tertiary/aromatic N) is 4. The van der Waals surface area contributed by atoms with E-state index in [1.165, 1.54) is 12.8 Å². The summed E-state index contributed by atoms with van der Waals surface area (Å²) in [4.78, 5) is 11.8. The number of hydrogen-bond acceptors (Lipinski definition) is 6. The Bertz CT molecular complexity index is 758. The number of aromatic nitrogens is 1. The van der Waals surface area contributed by atoms with Crippen LogP contribution in [0.15, 0.2) is 48.4 Å². The first-order valence-electron chi connectivity index (χ1n) is 11.0. The molecule has 0 bridgehead atoms. The van der Waals surface area contributed by atoms with E-state index in [9.17, 15) is 5.11 Å². The molecule has 2 saturated heterocycles. The minimum absolute atomic E-state index is 0.294. The highest BCUT2D eigenvalue weighted by atomic mass is 16.5. The number of methoxy groups -OCH3 is 1. The second-order valence-electron chi connectivity index (χ2n) is 8.11. The van der Waals surface area contributed by atoms with Gasteiger partial charge in [-0.2, -0.15) is 0 Å².